The number of halogens is 6. The molecule has 0 aromatic rings. The van der Waals surface area contributed by atoms with Gasteiger partial charge in [-0.15, -0.1) is 0 Å². The van der Waals surface area contributed by atoms with E-state index in [1.165, 1.54) is 0 Å². The summed E-state index contributed by atoms with van der Waals surface area (Å²) in [4.78, 5) is 0. The van der Waals surface area contributed by atoms with Crippen LogP contribution in [0.4, 0.5) is 26.3 Å². The van der Waals surface area contributed by atoms with Gasteiger partial charge in [0.1, 0.15) is 0 Å². The second-order valence-corrected chi connectivity index (χ2v) is 3.61. The first kappa shape index (κ1) is 15.3. The molecule has 7 heteroatoms. The lowest BCUT2D eigenvalue weighted by Gasteiger charge is -2.26. The predicted octanol–water partition coefficient (Wildman–Crippen LogP) is 3.30. The summed E-state index contributed by atoms with van der Waals surface area (Å²) in [7, 11) is 0. The van der Waals surface area contributed by atoms with Gasteiger partial charge in [0.15, 0.2) is 0 Å². The van der Waals surface area contributed by atoms with Crippen molar-refractivity contribution in [1.29, 1.82) is 0 Å². The normalized spacial score (nSPS) is 17.0. The first-order chi connectivity index (χ1) is 7.00. The van der Waals surface area contributed by atoms with E-state index in [0.717, 1.165) is 6.92 Å². The Morgan fingerprint density at radius 1 is 1.19 bits per heavy atom. The Bertz CT molecular complexity index is 241. The van der Waals surface area contributed by atoms with Crippen LogP contribution in [0.15, 0.2) is 12.2 Å². The molecule has 16 heavy (non-hydrogen) atoms. The highest BCUT2D eigenvalue weighted by Gasteiger charge is 2.46. The zero-order valence-corrected chi connectivity index (χ0v) is 8.49. The molecule has 0 aliphatic carbocycles. The van der Waals surface area contributed by atoms with Crippen LogP contribution in [0, 0.1) is 11.8 Å². The SMILES string of the molecule is C=C(CC(C(C)CO)C(F)(F)F)C(F)(F)F. The van der Waals surface area contributed by atoms with E-state index < -0.39 is 42.8 Å². The molecule has 0 rings (SSSR count). The van der Waals surface area contributed by atoms with Gasteiger partial charge in [-0.2, -0.15) is 26.3 Å². The van der Waals surface area contributed by atoms with E-state index in [1.807, 2.05) is 0 Å². The Labute approximate surface area is 88.8 Å². The van der Waals surface area contributed by atoms with Crippen LogP contribution in [0.25, 0.3) is 0 Å². The predicted molar refractivity (Wildman–Crippen MR) is 45.6 cm³/mol. The summed E-state index contributed by atoms with van der Waals surface area (Å²) < 4.78 is 73.3. The Morgan fingerprint density at radius 2 is 1.62 bits per heavy atom. The number of alkyl halides is 6. The Balaban J connectivity index is 4.77. The molecular formula is C9H12F6O. The van der Waals surface area contributed by atoms with Crippen LogP contribution in [0.5, 0.6) is 0 Å². The van der Waals surface area contributed by atoms with E-state index in [2.05, 4.69) is 6.58 Å². The van der Waals surface area contributed by atoms with Crippen LogP contribution < -0.4 is 0 Å². The highest BCUT2D eigenvalue weighted by atomic mass is 19.4. The van der Waals surface area contributed by atoms with Crippen LogP contribution in [0.1, 0.15) is 13.3 Å². The molecule has 0 aromatic carbocycles. The maximum Gasteiger partial charge on any atom is 0.412 e. The summed E-state index contributed by atoms with van der Waals surface area (Å²) in [6.07, 6.45) is -10.9. The van der Waals surface area contributed by atoms with E-state index in [9.17, 15) is 26.3 Å². The fourth-order valence-electron chi connectivity index (χ4n) is 1.15. The molecule has 1 nitrogen and oxygen atoms in total. The van der Waals surface area contributed by atoms with Gasteiger partial charge in [-0.1, -0.05) is 13.5 Å². The minimum absolute atomic E-state index is 0.824. The lowest BCUT2D eigenvalue weighted by atomic mass is 9.88. The van der Waals surface area contributed by atoms with Crippen molar-refractivity contribution >= 4 is 0 Å². The lowest BCUT2D eigenvalue weighted by Crippen LogP contribution is -2.32. The zero-order valence-electron chi connectivity index (χ0n) is 8.49. The highest BCUT2D eigenvalue weighted by Crippen LogP contribution is 2.39. The summed E-state index contributed by atoms with van der Waals surface area (Å²) in [5.74, 6) is -3.52. The van der Waals surface area contributed by atoms with Crippen LogP contribution in [0.2, 0.25) is 0 Å². The molecule has 0 aromatic heterocycles. The Morgan fingerprint density at radius 3 is 1.88 bits per heavy atom. The number of allylic oxidation sites excluding steroid dienone is 1. The fraction of sp³-hybridized carbons (Fsp3) is 0.778. The minimum Gasteiger partial charge on any atom is -0.396 e. The molecule has 2 atom stereocenters. The third-order valence-corrected chi connectivity index (χ3v) is 2.26. The third kappa shape index (κ3) is 4.42. The van der Waals surface area contributed by atoms with Crippen molar-refractivity contribution in [2.75, 3.05) is 6.61 Å². The smallest absolute Gasteiger partial charge is 0.396 e. The quantitative estimate of drug-likeness (QED) is 0.599. The van der Waals surface area contributed by atoms with Gasteiger partial charge in [-0.05, 0) is 12.3 Å². The molecule has 0 fully saturated rings. The molecule has 0 amide bonds. The molecular weight excluding hydrogens is 238 g/mol. The molecule has 0 heterocycles. The molecule has 0 aliphatic heterocycles. The third-order valence-electron chi connectivity index (χ3n) is 2.26. The standard InChI is InChI=1S/C9H12F6O/c1-5(4-16)7(9(13,14)15)3-6(2)8(10,11)12/h5,7,16H,2-4H2,1H3. The van der Waals surface area contributed by atoms with Crippen molar-refractivity contribution < 1.29 is 31.4 Å². The van der Waals surface area contributed by atoms with Crippen molar-refractivity contribution in [3.8, 4) is 0 Å². The van der Waals surface area contributed by atoms with Gasteiger partial charge in [0.25, 0.3) is 0 Å². The summed E-state index contributed by atoms with van der Waals surface area (Å²) in [6.45, 7) is 2.81. The van der Waals surface area contributed by atoms with E-state index in [0.29, 0.717) is 0 Å². The van der Waals surface area contributed by atoms with Gasteiger partial charge < -0.3 is 5.11 Å². The maximum atomic E-state index is 12.4. The molecule has 0 radical (unpaired) electrons. The molecule has 0 aliphatic rings. The first-order valence-electron chi connectivity index (χ1n) is 4.42. The average molecular weight is 250 g/mol. The average Bonchev–Trinajstić information content (AvgIpc) is 2.09. The van der Waals surface area contributed by atoms with Gasteiger partial charge in [0.2, 0.25) is 0 Å². The van der Waals surface area contributed by atoms with Crippen LogP contribution >= 0.6 is 0 Å². The fourth-order valence-corrected chi connectivity index (χ4v) is 1.15. The highest BCUT2D eigenvalue weighted by molar-refractivity contribution is 5.05. The minimum atomic E-state index is -4.83. The summed E-state index contributed by atoms with van der Waals surface area (Å²) >= 11 is 0. The molecule has 0 bridgehead atoms. The summed E-state index contributed by atoms with van der Waals surface area (Å²) in [6, 6.07) is 0. The van der Waals surface area contributed by atoms with Crippen molar-refractivity contribution in [2.24, 2.45) is 11.8 Å². The molecule has 1 N–H and O–H groups in total. The van der Waals surface area contributed by atoms with Gasteiger partial charge in [-0.3, -0.25) is 0 Å². The van der Waals surface area contributed by atoms with Gasteiger partial charge in [0.05, 0.1) is 5.92 Å². The second kappa shape index (κ2) is 5.07. The molecule has 0 spiro atoms. The Kier molecular flexibility index (Phi) is 4.85. The van der Waals surface area contributed by atoms with Crippen molar-refractivity contribution in [3.63, 3.8) is 0 Å². The Hall–Kier alpha value is -0.720. The van der Waals surface area contributed by atoms with Gasteiger partial charge in [-0.25, -0.2) is 0 Å². The second-order valence-electron chi connectivity index (χ2n) is 3.61. The largest absolute Gasteiger partial charge is 0.412 e. The number of hydrogen-bond acceptors (Lipinski definition) is 1. The van der Waals surface area contributed by atoms with E-state index in [-0.39, 0.29) is 0 Å². The molecule has 0 saturated heterocycles. The zero-order chi connectivity index (χ0) is 13.1. The van der Waals surface area contributed by atoms with Gasteiger partial charge in [0, 0.05) is 12.2 Å². The molecule has 0 saturated carbocycles. The molecule has 96 valence electrons. The maximum absolute atomic E-state index is 12.4. The van der Waals surface area contributed by atoms with Crippen molar-refractivity contribution in [2.45, 2.75) is 25.7 Å². The summed E-state index contributed by atoms with van der Waals surface area (Å²) in [5, 5.41) is 8.57. The number of aliphatic hydroxyl groups is 1. The van der Waals surface area contributed by atoms with Crippen LogP contribution in [0.3, 0.4) is 0 Å². The topological polar surface area (TPSA) is 20.2 Å². The van der Waals surface area contributed by atoms with E-state index in [1.54, 1.807) is 0 Å². The lowest BCUT2D eigenvalue weighted by molar-refractivity contribution is -0.193. The number of rotatable bonds is 4. The van der Waals surface area contributed by atoms with Crippen molar-refractivity contribution in [1.82, 2.24) is 0 Å². The van der Waals surface area contributed by atoms with E-state index >= 15 is 0 Å². The monoisotopic (exact) mass is 250 g/mol. The van der Waals surface area contributed by atoms with Crippen LogP contribution in [-0.4, -0.2) is 24.1 Å². The number of hydrogen-bond donors (Lipinski definition) is 1. The summed E-state index contributed by atoms with van der Waals surface area (Å²) in [5.41, 5.74) is -1.44. The van der Waals surface area contributed by atoms with Gasteiger partial charge >= 0.3 is 12.4 Å². The first-order valence-corrected chi connectivity index (χ1v) is 4.42. The van der Waals surface area contributed by atoms with Crippen molar-refractivity contribution in [3.05, 3.63) is 12.2 Å². The van der Waals surface area contributed by atoms with E-state index in [4.69, 9.17) is 5.11 Å². The van der Waals surface area contributed by atoms with Crippen LogP contribution in [-0.2, 0) is 0 Å². The number of aliphatic hydroxyl groups excluding tert-OH is 1. The molecule has 2 unspecified atom stereocenters.